The maximum Gasteiger partial charge on any atom is 4.00 e. The number of aryl methyl sites for hydroxylation is 1. The maximum absolute atomic E-state index is 2.57. The normalized spacial score (nSPS) is 10.7. The zero-order valence-electron chi connectivity index (χ0n) is 12.9. The maximum atomic E-state index is 2.57. The molecule has 0 atom stereocenters. The molecule has 1 aromatic rings. The summed E-state index contributed by atoms with van der Waals surface area (Å²) in [5.41, 5.74) is 1.46. The van der Waals surface area contributed by atoms with Crippen molar-refractivity contribution in [3.05, 3.63) is 23.8 Å². The smallest absolute Gasteiger partial charge is 1.00 e. The fourth-order valence-electron chi connectivity index (χ4n) is 3.07. The third kappa shape index (κ3) is 8.47. The standard InChI is InChI=1S/C12H25Si3.3ClH.V/c1-11-8-9-12(10-11)13(14(2,3)4)15(5,6)7;;;;/h8-10,13H,1-7H3;3*1H;/q-1;;;;+4/p-3. The van der Waals surface area contributed by atoms with Crippen LogP contribution >= 0.6 is 0 Å². The molecule has 0 aliphatic heterocycles. The molecule has 0 fully saturated rings. The summed E-state index contributed by atoms with van der Waals surface area (Å²) < 4.78 is 0. The van der Waals surface area contributed by atoms with E-state index in [2.05, 4.69) is 64.4 Å². The zero-order valence-corrected chi connectivity index (χ0v) is 19.7. The average molecular weight is 411 g/mol. The Morgan fingerprint density at radius 3 is 1.47 bits per heavy atom. The molecule has 0 unspecified atom stereocenters. The summed E-state index contributed by atoms with van der Waals surface area (Å²) in [5, 5.41) is 1.76. The molecule has 0 spiro atoms. The van der Waals surface area contributed by atoms with Crippen molar-refractivity contribution < 1.29 is 55.8 Å². The minimum atomic E-state index is -0.949. The first-order valence-electron chi connectivity index (χ1n) is 5.85. The second-order valence-corrected chi connectivity index (χ2v) is 33.5. The Morgan fingerprint density at radius 1 is 0.895 bits per heavy atom. The molecule has 0 bridgehead atoms. The Morgan fingerprint density at radius 2 is 1.26 bits per heavy atom. The van der Waals surface area contributed by atoms with Crippen molar-refractivity contribution in [3.63, 3.8) is 0 Å². The van der Waals surface area contributed by atoms with Crippen LogP contribution in [0.5, 0.6) is 0 Å². The van der Waals surface area contributed by atoms with Crippen molar-refractivity contribution in [2.75, 3.05) is 0 Å². The van der Waals surface area contributed by atoms with Gasteiger partial charge in [0.15, 0.2) is 0 Å². The molecule has 0 aliphatic rings. The van der Waals surface area contributed by atoms with Gasteiger partial charge in [-0.15, -0.1) is 0 Å². The quantitative estimate of drug-likeness (QED) is 0.344. The molecule has 111 valence electrons. The fraction of sp³-hybridized carbons (Fsp3) is 0.583. The third-order valence-electron chi connectivity index (χ3n) is 3.00. The number of hydrogen-bond acceptors (Lipinski definition) is 0. The topological polar surface area (TPSA) is 0 Å². The van der Waals surface area contributed by atoms with Gasteiger partial charge in [0.1, 0.15) is 0 Å². The van der Waals surface area contributed by atoms with Gasteiger partial charge >= 0.3 is 18.6 Å². The first kappa shape index (κ1) is 28.6. The summed E-state index contributed by atoms with van der Waals surface area (Å²) in [5.74, 6) is 0. The van der Waals surface area contributed by atoms with Gasteiger partial charge in [0, 0.05) is 15.2 Å². The SMILES string of the molecule is C[c-]1ccc([SiH]([Si](C)(C)C)[Si](C)(C)C)c1.[Cl-].[Cl-].[Cl-].[V+4]. The van der Waals surface area contributed by atoms with Crippen LogP contribution < -0.4 is 42.4 Å². The van der Waals surface area contributed by atoms with E-state index >= 15 is 0 Å². The molecule has 0 amide bonds. The molecule has 1 aromatic carbocycles. The van der Waals surface area contributed by atoms with E-state index in [-0.39, 0.29) is 55.8 Å². The van der Waals surface area contributed by atoms with E-state index in [0.717, 1.165) is 0 Å². The summed E-state index contributed by atoms with van der Waals surface area (Å²) in [7, 11) is -2.57. The van der Waals surface area contributed by atoms with Gasteiger partial charge in [-0.1, -0.05) is 46.2 Å². The van der Waals surface area contributed by atoms with Crippen molar-refractivity contribution in [3.8, 4) is 0 Å². The number of rotatable bonds is 3. The number of hydrogen-bond donors (Lipinski definition) is 0. The first-order chi connectivity index (χ1) is 6.62. The Hall–Kier alpha value is 1.46. The van der Waals surface area contributed by atoms with E-state index in [1.165, 1.54) is 5.56 Å². The Labute approximate surface area is 153 Å². The fourth-order valence-corrected chi connectivity index (χ4v) is 46.6. The van der Waals surface area contributed by atoms with Gasteiger partial charge in [-0.05, 0) is 7.83 Å². The van der Waals surface area contributed by atoms with Crippen LogP contribution in [0.15, 0.2) is 18.2 Å². The van der Waals surface area contributed by atoms with Crippen LogP contribution in [-0.4, -0.2) is 23.0 Å². The van der Waals surface area contributed by atoms with Crippen LogP contribution in [0.4, 0.5) is 0 Å². The second-order valence-electron chi connectivity index (χ2n) is 6.89. The second kappa shape index (κ2) is 10.2. The minimum absolute atomic E-state index is 0. The van der Waals surface area contributed by atoms with Gasteiger partial charge < -0.3 is 37.2 Å². The van der Waals surface area contributed by atoms with E-state index in [9.17, 15) is 0 Å². The van der Waals surface area contributed by atoms with Gasteiger partial charge in [0.25, 0.3) is 0 Å². The van der Waals surface area contributed by atoms with Crippen LogP contribution in [-0.2, 0) is 18.6 Å². The number of halogens is 3. The molecule has 1 radical (unpaired) electrons. The summed E-state index contributed by atoms with van der Waals surface area (Å²) in [4.78, 5) is 0. The van der Waals surface area contributed by atoms with Crippen molar-refractivity contribution in [1.82, 2.24) is 0 Å². The predicted octanol–water partition coefficient (Wildman–Crippen LogP) is -6.01. The van der Waals surface area contributed by atoms with Crippen molar-refractivity contribution in [2.24, 2.45) is 0 Å². The van der Waals surface area contributed by atoms with Gasteiger partial charge in [0.2, 0.25) is 0 Å². The predicted molar refractivity (Wildman–Crippen MR) is 80.2 cm³/mol. The Kier molecular flexibility index (Phi) is 15.4. The van der Waals surface area contributed by atoms with Gasteiger partial charge in [-0.3, -0.25) is 0 Å². The molecule has 0 saturated heterocycles. The van der Waals surface area contributed by atoms with Crippen LogP contribution in [0.2, 0.25) is 39.3 Å². The van der Waals surface area contributed by atoms with Crippen molar-refractivity contribution >= 4 is 28.2 Å². The molecule has 0 nitrogen and oxygen atoms in total. The molecule has 0 saturated carbocycles. The Bertz CT molecular complexity index is 329. The molecule has 0 aliphatic carbocycles. The summed E-state index contributed by atoms with van der Waals surface area (Å²) in [6.07, 6.45) is 0. The third-order valence-corrected chi connectivity index (χ3v) is 35.5. The molecule has 0 N–H and O–H groups in total. The van der Waals surface area contributed by atoms with E-state index in [4.69, 9.17) is 0 Å². The molecule has 19 heavy (non-hydrogen) atoms. The van der Waals surface area contributed by atoms with Crippen LogP contribution in [0.25, 0.3) is 0 Å². The minimum Gasteiger partial charge on any atom is -1.00 e. The van der Waals surface area contributed by atoms with Gasteiger partial charge in [-0.2, -0.15) is 17.7 Å². The summed E-state index contributed by atoms with van der Waals surface area (Å²) >= 11 is 0. The van der Waals surface area contributed by atoms with E-state index in [0.29, 0.717) is 0 Å². The zero-order chi connectivity index (χ0) is 11.9. The molecule has 0 aromatic heterocycles. The summed E-state index contributed by atoms with van der Waals surface area (Å²) in [6, 6.07) is 7.19. The van der Waals surface area contributed by atoms with Gasteiger partial charge in [-0.25, -0.2) is 11.3 Å². The van der Waals surface area contributed by atoms with Crippen LogP contribution in [0, 0.1) is 6.92 Å². The average Bonchev–Trinajstić information content (AvgIpc) is 2.28. The molecule has 0 heterocycles. The van der Waals surface area contributed by atoms with Crippen molar-refractivity contribution in [1.29, 1.82) is 0 Å². The molecule has 7 heteroatoms. The largest absolute Gasteiger partial charge is 4.00 e. The Balaban J connectivity index is -0.000000281. The van der Waals surface area contributed by atoms with E-state index < -0.39 is 23.0 Å². The summed E-state index contributed by atoms with van der Waals surface area (Å²) in [6.45, 7) is 17.7. The van der Waals surface area contributed by atoms with E-state index in [1.807, 2.05) is 0 Å². The van der Waals surface area contributed by atoms with Crippen LogP contribution in [0.3, 0.4) is 0 Å². The molecular weight excluding hydrogens is 386 g/mol. The van der Waals surface area contributed by atoms with Gasteiger partial charge in [0.05, 0.1) is 0 Å². The molecular formula is C12H25Cl3Si3V. The van der Waals surface area contributed by atoms with Crippen LogP contribution in [0.1, 0.15) is 5.56 Å². The molecule has 1 rings (SSSR count). The van der Waals surface area contributed by atoms with E-state index in [1.54, 1.807) is 5.19 Å². The monoisotopic (exact) mass is 409 g/mol. The van der Waals surface area contributed by atoms with Crippen molar-refractivity contribution in [2.45, 2.75) is 46.2 Å². The first-order valence-corrected chi connectivity index (χ1v) is 17.1.